The third-order valence-corrected chi connectivity index (χ3v) is 1.47. The van der Waals surface area contributed by atoms with Crippen LogP contribution in [0.25, 0.3) is 0 Å². The molecule has 2 amide bonds. The molecule has 1 aromatic carbocycles. The van der Waals surface area contributed by atoms with Gasteiger partial charge in [0.1, 0.15) is 0 Å². The molecule has 0 heterocycles. The zero-order valence-electron chi connectivity index (χ0n) is 7.30. The molecule has 1 rings (SSSR count). The van der Waals surface area contributed by atoms with E-state index < -0.39 is 23.4 Å². The Bertz CT molecular complexity index is 345. The molecule has 0 spiro atoms. The van der Waals surface area contributed by atoms with Gasteiger partial charge >= 0.3 is 6.03 Å². The number of urea groups is 1. The van der Waals surface area contributed by atoms with E-state index in [-0.39, 0.29) is 5.69 Å². The zero-order chi connectivity index (χ0) is 10.7. The van der Waals surface area contributed by atoms with Gasteiger partial charge in [0.05, 0.1) is 7.11 Å². The normalized spacial score (nSPS) is 9.64. The Labute approximate surface area is 78.7 Å². The van der Waals surface area contributed by atoms with Crippen LogP contribution < -0.4 is 15.8 Å². The van der Waals surface area contributed by atoms with Gasteiger partial charge in [-0.3, -0.25) is 0 Å². The van der Waals surface area contributed by atoms with Crippen molar-refractivity contribution in [1.29, 1.82) is 0 Å². The second kappa shape index (κ2) is 3.91. The maximum Gasteiger partial charge on any atom is 0.316 e. The Kier molecular flexibility index (Phi) is 2.85. The average Bonchev–Trinajstić information content (AvgIpc) is 2.01. The van der Waals surface area contributed by atoms with Crippen molar-refractivity contribution in [3.63, 3.8) is 0 Å². The first-order chi connectivity index (χ1) is 6.54. The van der Waals surface area contributed by atoms with Gasteiger partial charge in [-0.25, -0.2) is 13.6 Å². The third-order valence-electron chi connectivity index (χ3n) is 1.47. The number of carbonyl (C=O) groups excluding carboxylic acids is 1. The highest BCUT2D eigenvalue weighted by molar-refractivity contribution is 5.87. The van der Waals surface area contributed by atoms with Gasteiger partial charge in [-0.05, 0) is 0 Å². The fraction of sp³-hybridized carbons (Fsp3) is 0.125. The number of amides is 2. The second-order valence-corrected chi connectivity index (χ2v) is 2.46. The van der Waals surface area contributed by atoms with Gasteiger partial charge in [-0.2, -0.15) is 0 Å². The lowest BCUT2D eigenvalue weighted by atomic mass is 10.2. The Morgan fingerprint density at radius 1 is 1.43 bits per heavy atom. The van der Waals surface area contributed by atoms with Crippen LogP contribution in [0.4, 0.5) is 19.3 Å². The monoisotopic (exact) mass is 202 g/mol. The summed E-state index contributed by atoms with van der Waals surface area (Å²) in [5, 5.41) is 2.04. The zero-order valence-corrected chi connectivity index (χ0v) is 7.30. The van der Waals surface area contributed by atoms with Crippen molar-refractivity contribution in [2.24, 2.45) is 5.73 Å². The highest BCUT2D eigenvalue weighted by Gasteiger charge is 2.11. The molecular formula is C8H8F2N2O2. The summed E-state index contributed by atoms with van der Waals surface area (Å²) in [5.41, 5.74) is 4.71. The molecule has 0 fully saturated rings. The van der Waals surface area contributed by atoms with Crippen LogP contribution >= 0.6 is 0 Å². The molecule has 0 aliphatic carbocycles. The standard InChI is InChI=1S/C8H8F2N2O2/c1-14-7-5(9)2-4(3-6(7)10)12-8(11)13/h2-3H,1H3,(H3,11,12,13). The van der Waals surface area contributed by atoms with Gasteiger partial charge in [-0.15, -0.1) is 0 Å². The molecule has 0 atom stereocenters. The summed E-state index contributed by atoms with van der Waals surface area (Å²) in [7, 11) is 1.14. The maximum absolute atomic E-state index is 13.0. The number of hydrogen-bond donors (Lipinski definition) is 2. The van der Waals surface area contributed by atoms with E-state index in [1.54, 1.807) is 0 Å². The molecule has 0 aliphatic rings. The fourth-order valence-corrected chi connectivity index (χ4v) is 0.969. The first-order valence-electron chi connectivity index (χ1n) is 3.64. The van der Waals surface area contributed by atoms with Crippen LogP contribution in [0, 0.1) is 11.6 Å². The lowest BCUT2D eigenvalue weighted by molar-refractivity contribution is 0.259. The number of carbonyl (C=O) groups is 1. The Morgan fingerprint density at radius 2 is 1.93 bits per heavy atom. The highest BCUT2D eigenvalue weighted by atomic mass is 19.1. The molecule has 3 N–H and O–H groups in total. The molecule has 1 aromatic rings. The minimum Gasteiger partial charge on any atom is -0.491 e. The van der Waals surface area contributed by atoms with Crippen LogP contribution in [-0.4, -0.2) is 13.1 Å². The Hall–Kier alpha value is -1.85. The van der Waals surface area contributed by atoms with Crippen molar-refractivity contribution < 1.29 is 18.3 Å². The van der Waals surface area contributed by atoms with E-state index in [9.17, 15) is 13.6 Å². The Morgan fingerprint density at radius 3 is 2.29 bits per heavy atom. The maximum atomic E-state index is 13.0. The summed E-state index contributed by atoms with van der Waals surface area (Å²) in [6, 6.07) is 0.924. The topological polar surface area (TPSA) is 64.3 Å². The molecule has 0 saturated heterocycles. The summed E-state index contributed by atoms with van der Waals surface area (Å²) in [6.45, 7) is 0. The molecule has 76 valence electrons. The number of ether oxygens (including phenoxy) is 1. The van der Waals surface area contributed by atoms with Crippen molar-refractivity contribution in [2.75, 3.05) is 12.4 Å². The molecule has 0 bridgehead atoms. The SMILES string of the molecule is COc1c(F)cc(NC(N)=O)cc1F. The van der Waals surface area contributed by atoms with Crippen molar-refractivity contribution >= 4 is 11.7 Å². The smallest absolute Gasteiger partial charge is 0.316 e. The number of methoxy groups -OCH3 is 1. The summed E-state index contributed by atoms with van der Waals surface area (Å²) < 4.78 is 30.5. The molecule has 0 aliphatic heterocycles. The van der Waals surface area contributed by atoms with E-state index in [4.69, 9.17) is 5.73 Å². The number of nitrogens with two attached hydrogens (primary N) is 1. The van der Waals surface area contributed by atoms with Crippen molar-refractivity contribution in [3.8, 4) is 5.75 Å². The number of primary amides is 1. The molecule has 0 radical (unpaired) electrons. The highest BCUT2D eigenvalue weighted by Crippen LogP contribution is 2.24. The third kappa shape index (κ3) is 2.09. The Balaban J connectivity index is 3.07. The minimum absolute atomic E-state index is 0.0618. The molecule has 0 unspecified atom stereocenters. The largest absolute Gasteiger partial charge is 0.491 e. The number of rotatable bonds is 2. The number of anilines is 1. The van der Waals surface area contributed by atoms with Gasteiger partial charge in [0, 0.05) is 17.8 Å². The van der Waals surface area contributed by atoms with Gasteiger partial charge in [0.25, 0.3) is 0 Å². The van der Waals surface area contributed by atoms with E-state index in [1.807, 2.05) is 5.32 Å². The minimum atomic E-state index is -0.906. The van der Waals surface area contributed by atoms with Crippen molar-refractivity contribution in [3.05, 3.63) is 23.8 Å². The van der Waals surface area contributed by atoms with Crippen LogP contribution in [0.2, 0.25) is 0 Å². The number of benzene rings is 1. The summed E-state index contributed by atoms with van der Waals surface area (Å²) in [5.74, 6) is -2.31. The average molecular weight is 202 g/mol. The molecule has 4 nitrogen and oxygen atoms in total. The molecule has 14 heavy (non-hydrogen) atoms. The van der Waals surface area contributed by atoms with E-state index in [1.165, 1.54) is 0 Å². The fourth-order valence-electron chi connectivity index (χ4n) is 0.969. The predicted molar refractivity (Wildman–Crippen MR) is 46.1 cm³/mol. The molecule has 0 saturated carbocycles. The molecule has 0 aromatic heterocycles. The molecular weight excluding hydrogens is 194 g/mol. The lowest BCUT2D eigenvalue weighted by Crippen LogP contribution is -2.19. The van der Waals surface area contributed by atoms with Crippen molar-refractivity contribution in [1.82, 2.24) is 0 Å². The van der Waals surface area contributed by atoms with Crippen LogP contribution in [0.1, 0.15) is 0 Å². The lowest BCUT2D eigenvalue weighted by Gasteiger charge is -2.06. The summed E-state index contributed by atoms with van der Waals surface area (Å²) >= 11 is 0. The number of nitrogens with one attached hydrogen (secondary N) is 1. The molecule has 6 heteroatoms. The van der Waals surface area contributed by atoms with Gasteiger partial charge in [0.2, 0.25) is 0 Å². The number of hydrogen-bond acceptors (Lipinski definition) is 2. The quantitative estimate of drug-likeness (QED) is 0.762. The second-order valence-electron chi connectivity index (χ2n) is 2.46. The van der Waals surface area contributed by atoms with Gasteiger partial charge in [0.15, 0.2) is 17.4 Å². The predicted octanol–water partition coefficient (Wildman–Crippen LogP) is 1.46. The van der Waals surface area contributed by atoms with Gasteiger partial charge in [-0.1, -0.05) is 0 Å². The van der Waals surface area contributed by atoms with E-state index in [2.05, 4.69) is 4.74 Å². The van der Waals surface area contributed by atoms with Crippen LogP contribution in [0.3, 0.4) is 0 Å². The van der Waals surface area contributed by atoms with Crippen LogP contribution in [-0.2, 0) is 0 Å². The summed E-state index contributed by atoms with van der Waals surface area (Å²) in [4.78, 5) is 10.4. The first kappa shape index (κ1) is 10.2. The van der Waals surface area contributed by atoms with Crippen LogP contribution in [0.5, 0.6) is 5.75 Å². The summed E-state index contributed by atoms with van der Waals surface area (Å²) in [6.07, 6.45) is 0. The van der Waals surface area contributed by atoms with Crippen molar-refractivity contribution in [2.45, 2.75) is 0 Å². The first-order valence-corrected chi connectivity index (χ1v) is 3.64. The van der Waals surface area contributed by atoms with Gasteiger partial charge < -0.3 is 15.8 Å². The number of halogens is 2. The van der Waals surface area contributed by atoms with E-state index >= 15 is 0 Å². The van der Waals surface area contributed by atoms with E-state index in [0.717, 1.165) is 19.2 Å². The van der Waals surface area contributed by atoms with E-state index in [0.29, 0.717) is 0 Å². The van der Waals surface area contributed by atoms with Crippen LogP contribution in [0.15, 0.2) is 12.1 Å².